The highest BCUT2D eigenvalue weighted by molar-refractivity contribution is 7.85. The minimum absolute atomic E-state index is 0.270. The van der Waals surface area contributed by atoms with Gasteiger partial charge in [-0.1, -0.05) is 0 Å². The zero-order valence-electron chi connectivity index (χ0n) is 9.09. The van der Waals surface area contributed by atoms with Crippen LogP contribution in [0.25, 0.3) is 0 Å². The van der Waals surface area contributed by atoms with Crippen molar-refractivity contribution < 1.29 is 8.95 Å². The summed E-state index contributed by atoms with van der Waals surface area (Å²) < 4.78 is 20.2. The zero-order chi connectivity index (χ0) is 10.5. The van der Waals surface area contributed by atoms with Crippen molar-refractivity contribution >= 4 is 16.7 Å². The number of hydrogen-bond acceptors (Lipinski definition) is 2. The summed E-state index contributed by atoms with van der Waals surface area (Å²) in [6, 6.07) is 0. The third-order valence-corrected chi connectivity index (χ3v) is 2.96. The van der Waals surface area contributed by atoms with Crippen molar-refractivity contribution in [3.63, 3.8) is 0 Å². The Morgan fingerprint density at radius 3 is 2.38 bits per heavy atom. The second-order valence-corrected chi connectivity index (χ2v) is 5.84. The van der Waals surface area contributed by atoms with Crippen molar-refractivity contribution in [3.05, 3.63) is 0 Å². The van der Waals surface area contributed by atoms with Crippen LogP contribution >= 0.6 is 0 Å². The summed E-state index contributed by atoms with van der Waals surface area (Å²) in [5, 5.41) is 0. The van der Waals surface area contributed by atoms with Crippen molar-refractivity contribution in [3.8, 4) is 0 Å². The van der Waals surface area contributed by atoms with Crippen molar-refractivity contribution in [1.29, 1.82) is 0 Å². The number of ether oxygens (including phenoxy) is 1. The first-order valence-corrected chi connectivity index (χ1v) is 5.43. The molecule has 0 radical (unpaired) electrons. The molecule has 78 valence electrons. The van der Waals surface area contributed by atoms with Crippen molar-refractivity contribution in [2.75, 3.05) is 13.7 Å². The molecule has 13 heavy (non-hydrogen) atoms. The first-order valence-electron chi connectivity index (χ1n) is 4.33. The molecule has 0 aromatic heterocycles. The predicted molar refractivity (Wildman–Crippen MR) is 57.5 cm³/mol. The van der Waals surface area contributed by atoms with E-state index in [9.17, 15) is 4.21 Å². The van der Waals surface area contributed by atoms with Gasteiger partial charge in [-0.05, 0) is 27.7 Å². The maximum absolute atomic E-state index is 11.5. The van der Waals surface area contributed by atoms with E-state index in [0.29, 0.717) is 6.61 Å². The highest BCUT2D eigenvalue weighted by Crippen LogP contribution is 2.12. The summed E-state index contributed by atoms with van der Waals surface area (Å²) in [6.07, 6.45) is 0.748. The number of hydrogen-bond donors (Lipinski definition) is 0. The van der Waals surface area contributed by atoms with E-state index in [2.05, 4.69) is 4.40 Å². The van der Waals surface area contributed by atoms with E-state index in [4.69, 9.17) is 4.74 Å². The average Bonchev–Trinajstić information content (AvgIpc) is 1.99. The van der Waals surface area contributed by atoms with Gasteiger partial charge >= 0.3 is 0 Å². The molecule has 0 spiro atoms. The van der Waals surface area contributed by atoms with Crippen LogP contribution in [-0.4, -0.2) is 28.4 Å². The lowest BCUT2D eigenvalue weighted by atomic mass is 10.3. The Kier molecular flexibility index (Phi) is 5.40. The second-order valence-electron chi connectivity index (χ2n) is 3.93. The van der Waals surface area contributed by atoms with E-state index in [1.165, 1.54) is 0 Å². The lowest BCUT2D eigenvalue weighted by molar-refractivity contribution is 0.207. The van der Waals surface area contributed by atoms with Gasteiger partial charge in [-0.25, -0.2) is 4.21 Å². The largest absolute Gasteiger partial charge is 0.384 e. The number of methoxy groups -OCH3 is 1. The highest BCUT2D eigenvalue weighted by Gasteiger charge is 2.18. The fraction of sp³-hybridized carbons (Fsp3) is 0.889. The van der Waals surface area contributed by atoms with Gasteiger partial charge in [-0.15, -0.1) is 0 Å². The SMILES string of the molecule is COCC/C(C)=N\S(=O)C(C)(C)C. The van der Waals surface area contributed by atoms with E-state index in [-0.39, 0.29) is 4.75 Å². The topological polar surface area (TPSA) is 38.7 Å². The number of rotatable bonds is 4. The standard InChI is InChI=1S/C9H19NO2S/c1-8(6-7-12-5)10-13(11)9(2,3)4/h6-7H2,1-5H3/b10-8-. The van der Waals surface area contributed by atoms with Gasteiger partial charge in [0.05, 0.1) is 11.4 Å². The quantitative estimate of drug-likeness (QED) is 0.658. The summed E-state index contributed by atoms with van der Waals surface area (Å²) in [4.78, 5) is 0. The van der Waals surface area contributed by atoms with Crippen LogP contribution in [-0.2, 0) is 15.7 Å². The third-order valence-electron chi connectivity index (χ3n) is 1.43. The Labute approximate surface area is 83.2 Å². The monoisotopic (exact) mass is 205 g/mol. The molecule has 0 saturated heterocycles. The second kappa shape index (κ2) is 5.50. The van der Waals surface area contributed by atoms with Crippen LogP contribution in [0, 0.1) is 0 Å². The van der Waals surface area contributed by atoms with Crippen LogP contribution in [0.1, 0.15) is 34.1 Å². The van der Waals surface area contributed by atoms with Crippen LogP contribution in [0.5, 0.6) is 0 Å². The summed E-state index contributed by atoms with van der Waals surface area (Å²) in [6.45, 7) is 8.25. The molecule has 0 fully saturated rings. The molecule has 4 heteroatoms. The summed E-state index contributed by atoms with van der Waals surface area (Å²) in [5.41, 5.74) is 0.884. The van der Waals surface area contributed by atoms with Crippen LogP contribution in [0.15, 0.2) is 4.40 Å². The summed E-state index contributed by atoms with van der Waals surface area (Å²) in [5.74, 6) is 0. The summed E-state index contributed by atoms with van der Waals surface area (Å²) in [7, 11) is 0.508. The summed E-state index contributed by atoms with van der Waals surface area (Å²) >= 11 is 0. The van der Waals surface area contributed by atoms with E-state index in [0.717, 1.165) is 12.1 Å². The average molecular weight is 205 g/mol. The number of nitrogens with zero attached hydrogens (tertiary/aromatic N) is 1. The van der Waals surface area contributed by atoms with E-state index < -0.39 is 11.0 Å². The van der Waals surface area contributed by atoms with Crippen LogP contribution in [0.2, 0.25) is 0 Å². The maximum atomic E-state index is 11.5. The lowest BCUT2D eigenvalue weighted by Gasteiger charge is -2.13. The van der Waals surface area contributed by atoms with Crippen molar-refractivity contribution in [2.45, 2.75) is 38.9 Å². The molecule has 0 amide bonds. The molecule has 0 N–H and O–H groups in total. The highest BCUT2D eigenvalue weighted by atomic mass is 32.2. The Morgan fingerprint density at radius 1 is 1.46 bits per heavy atom. The smallest absolute Gasteiger partial charge is 0.144 e. The van der Waals surface area contributed by atoms with E-state index in [1.807, 2.05) is 27.7 Å². The maximum Gasteiger partial charge on any atom is 0.144 e. The van der Waals surface area contributed by atoms with Gasteiger partial charge in [0, 0.05) is 19.2 Å². The van der Waals surface area contributed by atoms with E-state index in [1.54, 1.807) is 7.11 Å². The third kappa shape index (κ3) is 5.93. The van der Waals surface area contributed by atoms with E-state index >= 15 is 0 Å². The van der Waals surface area contributed by atoms with Gasteiger partial charge in [-0.3, -0.25) is 0 Å². The van der Waals surface area contributed by atoms with Gasteiger partial charge in [-0.2, -0.15) is 4.40 Å². The Hall–Kier alpha value is -0.220. The fourth-order valence-corrected chi connectivity index (χ4v) is 1.22. The molecule has 1 atom stereocenters. The molecular weight excluding hydrogens is 186 g/mol. The van der Waals surface area contributed by atoms with Crippen molar-refractivity contribution in [1.82, 2.24) is 0 Å². The molecule has 0 aromatic rings. The van der Waals surface area contributed by atoms with Gasteiger partial charge in [0.15, 0.2) is 0 Å². The molecule has 0 aliphatic carbocycles. The van der Waals surface area contributed by atoms with Gasteiger partial charge in [0.25, 0.3) is 0 Å². The first-order chi connectivity index (χ1) is 5.88. The molecule has 0 rings (SSSR count). The Bertz CT molecular complexity index is 206. The van der Waals surface area contributed by atoms with Crippen LogP contribution < -0.4 is 0 Å². The zero-order valence-corrected chi connectivity index (χ0v) is 9.90. The molecule has 0 bridgehead atoms. The molecule has 0 aliphatic rings. The predicted octanol–water partition coefficient (Wildman–Crippen LogP) is 1.95. The fourth-order valence-electron chi connectivity index (χ4n) is 0.574. The van der Waals surface area contributed by atoms with Gasteiger partial charge in [0.2, 0.25) is 0 Å². The minimum atomic E-state index is -1.14. The molecular formula is C9H19NO2S. The molecule has 3 nitrogen and oxygen atoms in total. The lowest BCUT2D eigenvalue weighted by Crippen LogP contribution is -2.20. The normalized spacial score (nSPS) is 15.9. The molecule has 0 aromatic carbocycles. The Morgan fingerprint density at radius 2 is 2.00 bits per heavy atom. The van der Waals surface area contributed by atoms with Crippen LogP contribution in [0.4, 0.5) is 0 Å². The Balaban J connectivity index is 4.15. The molecule has 0 aliphatic heterocycles. The first kappa shape index (κ1) is 12.8. The minimum Gasteiger partial charge on any atom is -0.384 e. The van der Waals surface area contributed by atoms with Gasteiger partial charge in [0.1, 0.15) is 11.0 Å². The van der Waals surface area contributed by atoms with Crippen molar-refractivity contribution in [2.24, 2.45) is 4.40 Å². The molecule has 1 unspecified atom stereocenters. The van der Waals surface area contributed by atoms with Crippen LogP contribution in [0.3, 0.4) is 0 Å². The molecule has 0 heterocycles. The van der Waals surface area contributed by atoms with Gasteiger partial charge < -0.3 is 4.74 Å². The molecule has 0 saturated carbocycles.